The van der Waals surface area contributed by atoms with Gasteiger partial charge in [-0.05, 0) is 82.7 Å². The van der Waals surface area contributed by atoms with Crippen LogP contribution in [0.3, 0.4) is 0 Å². The Balaban J connectivity index is 0.000000666. The molecule has 0 atom stereocenters. The first-order valence-corrected chi connectivity index (χ1v) is 23.6. The monoisotopic (exact) mass is 889 g/mol. The molecule has 8 rings (SSSR count). The Hall–Kier alpha value is -2.95. The number of fused-ring (bicyclic) bond motifs is 3. The molecule has 2 aliphatic heterocycles. The summed E-state index contributed by atoms with van der Waals surface area (Å²) in [4.78, 5) is 0. The maximum Gasteiger partial charge on any atom is 0.0682 e. The van der Waals surface area contributed by atoms with Crippen LogP contribution in [0.25, 0.3) is 32.7 Å². The maximum atomic E-state index is 5.63. The molecule has 2 fully saturated rings. The molecule has 0 spiro atoms. The van der Waals surface area contributed by atoms with Crippen LogP contribution < -0.4 is 5.32 Å². The number of benzene rings is 3. The highest BCUT2D eigenvalue weighted by atomic mass is 79.9. The number of aryl methyl sites for hydroxylation is 2. The number of hydrogen-bond acceptors (Lipinski definition) is 5. The lowest BCUT2D eigenvalue weighted by Crippen LogP contribution is -2.03. The molecule has 5 heterocycles. The predicted molar refractivity (Wildman–Crippen MR) is 256 cm³/mol. The predicted octanol–water partition coefficient (Wildman–Crippen LogP) is 13.7. The third kappa shape index (κ3) is 24.5. The number of ether oxygens (including phenoxy) is 1. The Kier molecular flexibility index (Phi) is 37.8. The van der Waals surface area contributed by atoms with Crippen molar-refractivity contribution in [2.24, 2.45) is 0 Å². The van der Waals surface area contributed by atoms with Crippen molar-refractivity contribution in [3.05, 3.63) is 91.4 Å². The zero-order valence-corrected chi connectivity index (χ0v) is 39.3. The molecule has 2 aliphatic rings. The lowest BCUT2D eigenvalue weighted by molar-refractivity contribution is 0.0968. The van der Waals surface area contributed by atoms with Crippen molar-refractivity contribution < 1.29 is 4.74 Å². The fraction of sp³-hybridized carbons (Fsp3) is 0.543. The largest absolute Gasteiger partial charge is 0.381 e. The van der Waals surface area contributed by atoms with E-state index < -0.39 is 0 Å². The minimum Gasteiger partial charge on any atom is -0.381 e. The van der Waals surface area contributed by atoms with E-state index in [4.69, 9.17) is 27.9 Å². The second-order valence-corrected chi connectivity index (χ2v) is 13.6. The lowest BCUT2D eigenvalue weighted by atomic mass is 10.2. The first kappa shape index (κ1) is 54.1. The second kappa shape index (κ2) is 39.9. The number of rotatable bonds is 8. The Morgan fingerprint density at radius 2 is 1.11 bits per heavy atom. The van der Waals surface area contributed by atoms with E-state index in [-0.39, 0.29) is 0 Å². The summed E-state index contributed by atoms with van der Waals surface area (Å²) < 4.78 is 9.15. The summed E-state index contributed by atoms with van der Waals surface area (Å²) in [6.45, 7) is 20.6. The Morgan fingerprint density at radius 1 is 0.614 bits per heavy atom. The maximum absolute atomic E-state index is 5.63. The molecule has 3 aromatic carbocycles. The average molecular weight is 892 g/mol. The number of unbranched alkanes of at least 4 members (excludes halogenated alkanes) is 1. The third-order valence-corrected chi connectivity index (χ3v) is 9.08. The fourth-order valence-corrected chi connectivity index (χ4v) is 6.03. The third-order valence-electron chi connectivity index (χ3n) is 7.98. The van der Waals surface area contributed by atoms with Gasteiger partial charge >= 0.3 is 0 Å². The molecule has 6 aromatic rings. The summed E-state index contributed by atoms with van der Waals surface area (Å²) in [5.74, 6) is 1.46. The van der Waals surface area contributed by atoms with Gasteiger partial charge in [0.15, 0.2) is 0 Å². The molecule has 320 valence electrons. The van der Waals surface area contributed by atoms with Gasteiger partial charge in [-0.25, -0.2) is 0 Å². The summed E-state index contributed by atoms with van der Waals surface area (Å²) in [5, 5.41) is 23.2. The van der Waals surface area contributed by atoms with E-state index >= 15 is 0 Å². The summed E-state index contributed by atoms with van der Waals surface area (Å²) in [5.41, 5.74) is 3.53. The number of para-hydroxylation sites is 3. The van der Waals surface area contributed by atoms with Gasteiger partial charge in [0, 0.05) is 59.6 Å². The van der Waals surface area contributed by atoms with Gasteiger partial charge < -0.3 is 10.1 Å². The first-order valence-electron chi connectivity index (χ1n) is 21.4. The summed E-state index contributed by atoms with van der Waals surface area (Å²) in [6.07, 6.45) is 16.8. The minimum atomic E-state index is 0.689. The Bertz CT molecular complexity index is 1570. The number of alkyl halides is 3. The molecule has 8 nitrogen and oxygen atoms in total. The van der Waals surface area contributed by atoms with E-state index in [1.165, 1.54) is 79.8 Å². The van der Waals surface area contributed by atoms with Gasteiger partial charge in [-0.1, -0.05) is 125 Å². The normalized spacial score (nSPS) is 12.2. The number of nitrogens with zero attached hydrogens (tertiary/aromatic N) is 5. The summed E-state index contributed by atoms with van der Waals surface area (Å²) in [6, 6.07) is 24.6. The van der Waals surface area contributed by atoms with E-state index in [9.17, 15) is 0 Å². The van der Waals surface area contributed by atoms with Crippen LogP contribution in [0.1, 0.15) is 106 Å². The average Bonchev–Trinajstić information content (AvgIpc) is 4.15. The van der Waals surface area contributed by atoms with Crippen LogP contribution >= 0.6 is 39.1 Å². The SMILES string of the molecule is C1CCNC1.C1CCOCC1.CC.CC.CC.CCCCn1ncc2ccccc21.ClCCCBr.ClCCCn1ncc2ccccc21.c1ccc2[nH]ncc2c1. The van der Waals surface area contributed by atoms with Gasteiger partial charge in [-0.15, -0.1) is 23.2 Å². The molecule has 0 aliphatic carbocycles. The van der Waals surface area contributed by atoms with Crippen LogP contribution in [-0.2, 0) is 17.8 Å². The van der Waals surface area contributed by atoms with Crippen LogP contribution in [0.4, 0.5) is 0 Å². The van der Waals surface area contributed by atoms with E-state index in [1.54, 1.807) is 0 Å². The number of H-pyrrole nitrogens is 1. The van der Waals surface area contributed by atoms with Crippen LogP contribution in [-0.4, -0.2) is 73.2 Å². The molecular weight excluding hydrogens is 817 g/mol. The van der Waals surface area contributed by atoms with E-state index in [2.05, 4.69) is 83.6 Å². The molecule has 0 amide bonds. The molecule has 0 saturated carbocycles. The number of nitrogens with one attached hydrogen (secondary N) is 2. The molecule has 2 N–H and O–H groups in total. The summed E-state index contributed by atoms with van der Waals surface area (Å²) >= 11 is 14.1. The molecule has 0 radical (unpaired) electrons. The van der Waals surface area contributed by atoms with Gasteiger partial charge in [0.05, 0.1) is 35.1 Å². The lowest BCUT2D eigenvalue weighted by Gasteiger charge is -2.08. The van der Waals surface area contributed by atoms with Crippen LogP contribution in [0.5, 0.6) is 0 Å². The zero-order chi connectivity index (χ0) is 42.2. The van der Waals surface area contributed by atoms with Crippen molar-refractivity contribution >= 4 is 71.8 Å². The van der Waals surface area contributed by atoms with Crippen molar-refractivity contribution in [3.8, 4) is 0 Å². The standard InChI is InChI=1S/C11H14N2.C10H11ClN2.C7H6N2.C5H10O.C4H9N.C3H6BrCl.3C2H6/c1-2-3-8-13-11-7-5-4-6-10(11)9-12-13;11-6-3-7-13-10-5-2-1-4-9(10)8-12-13;1-2-4-7-6(3-1)5-8-9-7;1-2-4-6-5-3-1;1-2-4-5-3-1;4-2-1-3-5;3*1-2/h4-7,9H,2-3,8H2,1H3;1-2,4-5,8H,3,6-7H2;1-5H,(H,8,9);1-5H2;5H,1-4H2;1-3H2;3*1-2H3. The Morgan fingerprint density at radius 3 is 1.49 bits per heavy atom. The van der Waals surface area contributed by atoms with Crippen LogP contribution in [0.2, 0.25) is 0 Å². The van der Waals surface area contributed by atoms with Crippen molar-refractivity contribution in [1.29, 1.82) is 0 Å². The first-order chi connectivity index (χ1) is 28.2. The smallest absolute Gasteiger partial charge is 0.0682 e. The molecule has 11 heteroatoms. The second-order valence-electron chi connectivity index (χ2n) is 12.1. The van der Waals surface area contributed by atoms with Crippen molar-refractivity contribution in [2.45, 2.75) is 119 Å². The highest BCUT2D eigenvalue weighted by Crippen LogP contribution is 2.14. The molecular formula is C46H74BrCl2N7O. The van der Waals surface area contributed by atoms with E-state index in [1.807, 2.05) is 107 Å². The number of aromatic amines is 1. The van der Waals surface area contributed by atoms with Crippen molar-refractivity contribution in [3.63, 3.8) is 0 Å². The molecule has 0 bridgehead atoms. The minimum absolute atomic E-state index is 0.689. The van der Waals surface area contributed by atoms with Crippen molar-refractivity contribution in [1.82, 2.24) is 35.1 Å². The van der Waals surface area contributed by atoms with Gasteiger partial charge in [0.25, 0.3) is 0 Å². The topological polar surface area (TPSA) is 85.6 Å². The van der Waals surface area contributed by atoms with Gasteiger partial charge in [-0.2, -0.15) is 15.3 Å². The number of aromatic nitrogens is 6. The van der Waals surface area contributed by atoms with Crippen molar-refractivity contribution in [2.75, 3.05) is 43.4 Å². The Labute approximate surface area is 363 Å². The quantitative estimate of drug-likeness (QED) is 0.149. The zero-order valence-electron chi connectivity index (χ0n) is 36.2. The van der Waals surface area contributed by atoms with Crippen LogP contribution in [0.15, 0.2) is 91.4 Å². The number of hydrogen-bond donors (Lipinski definition) is 2. The highest BCUT2D eigenvalue weighted by Gasteiger charge is 2.01. The van der Waals surface area contributed by atoms with Gasteiger partial charge in [0.1, 0.15) is 0 Å². The molecule has 3 aromatic heterocycles. The van der Waals surface area contributed by atoms with E-state index in [0.717, 1.165) is 61.3 Å². The molecule has 57 heavy (non-hydrogen) atoms. The highest BCUT2D eigenvalue weighted by molar-refractivity contribution is 9.09. The fourth-order valence-electron chi connectivity index (χ4n) is 5.17. The summed E-state index contributed by atoms with van der Waals surface area (Å²) in [7, 11) is 0. The number of halogens is 3. The van der Waals surface area contributed by atoms with Gasteiger partial charge in [-0.3, -0.25) is 14.5 Å². The molecule has 2 saturated heterocycles. The van der Waals surface area contributed by atoms with Crippen LogP contribution in [0, 0.1) is 0 Å². The molecule has 0 unspecified atom stereocenters. The van der Waals surface area contributed by atoms with Gasteiger partial charge in [0.2, 0.25) is 0 Å². The van der Waals surface area contributed by atoms with E-state index in [0.29, 0.717) is 5.88 Å².